The van der Waals surface area contributed by atoms with E-state index >= 15 is 0 Å². The molecule has 0 saturated carbocycles. The molecule has 2 aromatic heterocycles. The number of hydrogen-bond acceptors (Lipinski definition) is 5. The second kappa shape index (κ2) is 5.95. The Hall–Kier alpha value is -1.73. The van der Waals surface area contributed by atoms with Gasteiger partial charge in [0.2, 0.25) is 0 Å². The molecule has 21 heavy (non-hydrogen) atoms. The van der Waals surface area contributed by atoms with Crippen LogP contribution >= 0.6 is 0 Å². The Morgan fingerprint density at radius 1 is 1.48 bits per heavy atom. The van der Waals surface area contributed by atoms with Gasteiger partial charge in [0.25, 0.3) is 0 Å². The van der Waals surface area contributed by atoms with Crippen LogP contribution in [0.2, 0.25) is 0 Å². The summed E-state index contributed by atoms with van der Waals surface area (Å²) in [4.78, 5) is 6.71. The van der Waals surface area contributed by atoms with E-state index in [-0.39, 0.29) is 6.10 Å². The Labute approximate surface area is 124 Å². The first-order valence-corrected chi connectivity index (χ1v) is 7.38. The Morgan fingerprint density at radius 2 is 2.33 bits per heavy atom. The number of aryl methyl sites for hydroxylation is 1. The number of aromatic amines is 1. The van der Waals surface area contributed by atoms with Gasteiger partial charge in [-0.1, -0.05) is 0 Å². The summed E-state index contributed by atoms with van der Waals surface area (Å²) in [6, 6.07) is 2.48. The van der Waals surface area contributed by atoms with Gasteiger partial charge in [0.1, 0.15) is 11.9 Å². The van der Waals surface area contributed by atoms with Crippen LogP contribution in [-0.2, 0) is 11.3 Å². The molecule has 7 heteroatoms. The van der Waals surface area contributed by atoms with E-state index in [1.807, 2.05) is 17.8 Å². The molecule has 1 atom stereocenters. The summed E-state index contributed by atoms with van der Waals surface area (Å²) >= 11 is 0. The van der Waals surface area contributed by atoms with Crippen molar-refractivity contribution in [3.63, 3.8) is 0 Å². The fourth-order valence-corrected chi connectivity index (χ4v) is 2.48. The van der Waals surface area contributed by atoms with Crippen LogP contribution in [0.5, 0.6) is 0 Å². The molecule has 1 aliphatic rings. The van der Waals surface area contributed by atoms with Gasteiger partial charge in [0, 0.05) is 31.9 Å². The molecule has 3 heterocycles. The van der Waals surface area contributed by atoms with Gasteiger partial charge in [-0.2, -0.15) is 10.2 Å². The van der Waals surface area contributed by atoms with Crippen molar-refractivity contribution in [1.82, 2.24) is 29.9 Å². The van der Waals surface area contributed by atoms with E-state index < -0.39 is 0 Å². The number of nitrogens with zero attached hydrogens (tertiary/aromatic N) is 5. The van der Waals surface area contributed by atoms with E-state index in [2.05, 4.69) is 45.1 Å². The van der Waals surface area contributed by atoms with E-state index in [9.17, 15) is 0 Å². The van der Waals surface area contributed by atoms with Gasteiger partial charge in [-0.05, 0) is 26.8 Å². The molecule has 3 rings (SSSR count). The average Bonchev–Trinajstić information content (AvgIpc) is 3.08. The van der Waals surface area contributed by atoms with Crippen LogP contribution in [0.25, 0.3) is 0 Å². The van der Waals surface area contributed by atoms with Gasteiger partial charge in [-0.15, -0.1) is 0 Å². The zero-order valence-electron chi connectivity index (χ0n) is 12.8. The number of morpholine rings is 1. The predicted molar refractivity (Wildman–Crippen MR) is 77.7 cm³/mol. The zero-order valence-corrected chi connectivity index (χ0v) is 12.8. The van der Waals surface area contributed by atoms with Crippen molar-refractivity contribution in [3.8, 4) is 0 Å². The molecule has 1 aliphatic heterocycles. The van der Waals surface area contributed by atoms with Crippen LogP contribution in [0.1, 0.15) is 43.3 Å². The van der Waals surface area contributed by atoms with E-state index in [1.165, 1.54) is 0 Å². The Kier molecular flexibility index (Phi) is 4.03. The van der Waals surface area contributed by atoms with Gasteiger partial charge in [0.15, 0.2) is 5.82 Å². The predicted octanol–water partition coefficient (Wildman–Crippen LogP) is 1.46. The lowest BCUT2D eigenvalue weighted by Crippen LogP contribution is -2.38. The summed E-state index contributed by atoms with van der Waals surface area (Å²) in [5.74, 6) is 1.56. The van der Waals surface area contributed by atoms with Gasteiger partial charge < -0.3 is 4.74 Å². The third-order valence-corrected chi connectivity index (χ3v) is 3.63. The molecule has 2 aromatic rings. The van der Waals surface area contributed by atoms with Crippen LogP contribution in [0.3, 0.4) is 0 Å². The highest BCUT2D eigenvalue weighted by molar-refractivity contribution is 5.01. The summed E-state index contributed by atoms with van der Waals surface area (Å²) in [5.41, 5.74) is 1.09. The molecule has 1 fully saturated rings. The first-order chi connectivity index (χ1) is 10.1. The van der Waals surface area contributed by atoms with E-state index in [4.69, 9.17) is 4.74 Å². The fraction of sp³-hybridized carbons (Fsp3) is 0.643. The molecular formula is C14H22N6O. The standard InChI is InChI=1S/C14H22N6O/c1-10(2)20-5-4-12(18-20)8-19-6-7-21-13(9-19)14-15-11(3)16-17-14/h4-5,10,13H,6-9H2,1-3H3,(H,15,16,17). The van der Waals surface area contributed by atoms with Crippen LogP contribution < -0.4 is 0 Å². The van der Waals surface area contributed by atoms with Crippen molar-refractivity contribution in [2.24, 2.45) is 0 Å². The van der Waals surface area contributed by atoms with Gasteiger partial charge in [-0.25, -0.2) is 4.98 Å². The summed E-state index contributed by atoms with van der Waals surface area (Å²) < 4.78 is 7.77. The summed E-state index contributed by atoms with van der Waals surface area (Å²) in [6.07, 6.45) is 1.98. The number of rotatable bonds is 4. The number of ether oxygens (including phenoxy) is 1. The molecule has 0 aliphatic carbocycles. The van der Waals surface area contributed by atoms with Crippen molar-refractivity contribution in [3.05, 3.63) is 29.6 Å². The van der Waals surface area contributed by atoms with Crippen molar-refractivity contribution in [2.75, 3.05) is 19.7 Å². The maximum atomic E-state index is 5.78. The minimum Gasteiger partial charge on any atom is -0.367 e. The van der Waals surface area contributed by atoms with E-state index in [1.54, 1.807) is 0 Å². The maximum Gasteiger partial charge on any atom is 0.180 e. The monoisotopic (exact) mass is 290 g/mol. The van der Waals surface area contributed by atoms with Crippen molar-refractivity contribution >= 4 is 0 Å². The van der Waals surface area contributed by atoms with Gasteiger partial charge in [0.05, 0.1) is 12.3 Å². The molecule has 1 N–H and O–H groups in total. The molecule has 0 amide bonds. The first-order valence-electron chi connectivity index (χ1n) is 7.38. The van der Waals surface area contributed by atoms with Gasteiger partial charge in [-0.3, -0.25) is 14.7 Å². The molecule has 7 nitrogen and oxygen atoms in total. The highest BCUT2D eigenvalue weighted by Gasteiger charge is 2.25. The topological polar surface area (TPSA) is 71.9 Å². The van der Waals surface area contributed by atoms with Crippen molar-refractivity contribution in [2.45, 2.75) is 39.5 Å². The molecule has 1 saturated heterocycles. The molecule has 0 aromatic carbocycles. The Morgan fingerprint density at radius 3 is 3.00 bits per heavy atom. The van der Waals surface area contributed by atoms with Crippen LogP contribution in [-0.4, -0.2) is 49.6 Å². The molecule has 0 radical (unpaired) electrons. The normalized spacial score (nSPS) is 20.3. The highest BCUT2D eigenvalue weighted by Crippen LogP contribution is 2.20. The third kappa shape index (κ3) is 3.30. The molecule has 1 unspecified atom stereocenters. The van der Waals surface area contributed by atoms with Gasteiger partial charge >= 0.3 is 0 Å². The fourth-order valence-electron chi connectivity index (χ4n) is 2.48. The highest BCUT2D eigenvalue weighted by atomic mass is 16.5. The SMILES string of the molecule is Cc1nc(C2CN(Cc3ccn(C(C)C)n3)CCO2)n[nH]1. The molecule has 0 spiro atoms. The van der Waals surface area contributed by atoms with E-state index in [0.717, 1.165) is 37.0 Å². The zero-order chi connectivity index (χ0) is 14.8. The van der Waals surface area contributed by atoms with Crippen molar-refractivity contribution < 1.29 is 4.74 Å². The lowest BCUT2D eigenvalue weighted by Gasteiger charge is -2.30. The molecular weight excluding hydrogens is 268 g/mol. The number of H-pyrrole nitrogens is 1. The lowest BCUT2D eigenvalue weighted by molar-refractivity contribution is -0.0374. The smallest absolute Gasteiger partial charge is 0.180 e. The molecule has 114 valence electrons. The second-order valence-electron chi connectivity index (χ2n) is 5.75. The van der Waals surface area contributed by atoms with Crippen molar-refractivity contribution in [1.29, 1.82) is 0 Å². The summed E-state index contributed by atoms with van der Waals surface area (Å²) in [5, 5.41) is 11.7. The van der Waals surface area contributed by atoms with E-state index in [0.29, 0.717) is 12.6 Å². The maximum absolute atomic E-state index is 5.78. The minimum absolute atomic E-state index is 0.0594. The van der Waals surface area contributed by atoms with Crippen LogP contribution in [0, 0.1) is 6.92 Å². The molecule has 0 bridgehead atoms. The second-order valence-corrected chi connectivity index (χ2v) is 5.75. The first kappa shape index (κ1) is 14.2. The number of aromatic nitrogens is 5. The quantitative estimate of drug-likeness (QED) is 0.923. The van der Waals surface area contributed by atoms with Crippen LogP contribution in [0.4, 0.5) is 0 Å². The summed E-state index contributed by atoms with van der Waals surface area (Å²) in [7, 11) is 0. The third-order valence-electron chi connectivity index (χ3n) is 3.63. The Bertz CT molecular complexity index is 590. The number of hydrogen-bond donors (Lipinski definition) is 1. The van der Waals surface area contributed by atoms with Crippen LogP contribution in [0.15, 0.2) is 12.3 Å². The lowest BCUT2D eigenvalue weighted by atomic mass is 10.2. The number of nitrogens with one attached hydrogen (secondary N) is 1. The largest absolute Gasteiger partial charge is 0.367 e. The summed E-state index contributed by atoms with van der Waals surface area (Å²) in [6.45, 7) is 9.41. The average molecular weight is 290 g/mol. The minimum atomic E-state index is -0.0594. The Balaban J connectivity index is 1.63.